The number of nitrogens with one attached hydrogen (secondary N) is 1. The van der Waals surface area contributed by atoms with Gasteiger partial charge in [0, 0.05) is 31.8 Å². The molecule has 0 bridgehead atoms. The first kappa shape index (κ1) is 18.7. The summed E-state index contributed by atoms with van der Waals surface area (Å²) in [6, 6.07) is 8.24. The quantitative estimate of drug-likeness (QED) is 0.780. The van der Waals surface area contributed by atoms with Crippen LogP contribution in [0.25, 0.3) is 0 Å². The molecular formula is C19H18FN3O4. The lowest BCUT2D eigenvalue weighted by Crippen LogP contribution is -2.54. The number of hydrogen-bond donors (Lipinski definition) is 1. The zero-order valence-corrected chi connectivity index (χ0v) is 14.6. The molecule has 140 valence electrons. The van der Waals surface area contributed by atoms with Gasteiger partial charge < -0.3 is 15.0 Å². The van der Waals surface area contributed by atoms with Crippen LogP contribution in [0.3, 0.4) is 0 Å². The molecule has 0 aliphatic carbocycles. The Morgan fingerprint density at radius 2 is 1.93 bits per heavy atom. The highest BCUT2D eigenvalue weighted by atomic mass is 19.1. The Labute approximate surface area is 155 Å². The maximum atomic E-state index is 13.0. The van der Waals surface area contributed by atoms with Gasteiger partial charge in [0.2, 0.25) is 17.6 Å². The van der Waals surface area contributed by atoms with Crippen molar-refractivity contribution in [2.45, 2.75) is 13.0 Å². The number of carbonyl (C=O) groups excluding carboxylic acids is 3. The summed E-state index contributed by atoms with van der Waals surface area (Å²) in [5.74, 6) is -1.34. The summed E-state index contributed by atoms with van der Waals surface area (Å²) in [5, 5.41) is 2.61. The van der Waals surface area contributed by atoms with Gasteiger partial charge in [0.1, 0.15) is 18.1 Å². The van der Waals surface area contributed by atoms with E-state index in [1.165, 1.54) is 37.4 Å². The normalized spacial score (nSPS) is 13.8. The van der Waals surface area contributed by atoms with Crippen molar-refractivity contribution in [3.63, 3.8) is 0 Å². The summed E-state index contributed by atoms with van der Waals surface area (Å²) < 4.78 is 18.5. The number of aromatic nitrogens is 1. The lowest BCUT2D eigenvalue weighted by Gasteiger charge is -2.38. The molecule has 1 N–H and O–H groups in total. The van der Waals surface area contributed by atoms with Crippen molar-refractivity contribution in [2.75, 3.05) is 25.0 Å². The van der Waals surface area contributed by atoms with Crippen LogP contribution in [0.1, 0.15) is 23.0 Å². The van der Waals surface area contributed by atoms with Crippen molar-refractivity contribution >= 4 is 23.3 Å². The first-order valence-electron chi connectivity index (χ1n) is 8.36. The standard InChI is InChI=1S/C19H18FN3O4/c1-12(24)23-9-15(10-23)27-11-17(25)22-16-3-2-8-21-18(16)19(26)13-4-6-14(20)7-5-13/h2-8,15H,9-11H2,1H3,(H,22,25). The van der Waals surface area contributed by atoms with Gasteiger partial charge in [-0.25, -0.2) is 4.39 Å². The Morgan fingerprint density at radius 1 is 1.22 bits per heavy atom. The molecular weight excluding hydrogens is 353 g/mol. The van der Waals surface area contributed by atoms with E-state index in [1.807, 2.05) is 0 Å². The van der Waals surface area contributed by atoms with Gasteiger partial charge in [-0.3, -0.25) is 19.4 Å². The Bertz CT molecular complexity index is 864. The first-order chi connectivity index (χ1) is 12.9. The van der Waals surface area contributed by atoms with Crippen molar-refractivity contribution in [2.24, 2.45) is 0 Å². The Kier molecular flexibility index (Phi) is 5.56. The molecule has 0 saturated carbocycles. The number of likely N-dealkylation sites (tertiary alicyclic amines) is 1. The molecule has 3 rings (SSSR count). The van der Waals surface area contributed by atoms with E-state index in [1.54, 1.807) is 17.0 Å². The number of rotatable bonds is 6. The number of pyridine rings is 1. The number of halogens is 1. The molecule has 1 aromatic carbocycles. The summed E-state index contributed by atoms with van der Waals surface area (Å²) in [4.78, 5) is 41.5. The van der Waals surface area contributed by atoms with Crippen molar-refractivity contribution in [3.05, 3.63) is 59.7 Å². The van der Waals surface area contributed by atoms with Crippen LogP contribution in [-0.2, 0) is 14.3 Å². The predicted octanol–water partition coefficient (Wildman–Crippen LogP) is 1.64. The topological polar surface area (TPSA) is 88.6 Å². The predicted molar refractivity (Wildman–Crippen MR) is 94.7 cm³/mol. The van der Waals surface area contributed by atoms with E-state index < -0.39 is 17.5 Å². The zero-order chi connectivity index (χ0) is 19.4. The maximum Gasteiger partial charge on any atom is 0.250 e. The van der Waals surface area contributed by atoms with Gasteiger partial charge in [-0.2, -0.15) is 0 Å². The van der Waals surface area contributed by atoms with Crippen LogP contribution in [0.15, 0.2) is 42.6 Å². The van der Waals surface area contributed by atoms with E-state index in [0.29, 0.717) is 13.1 Å². The Morgan fingerprint density at radius 3 is 2.59 bits per heavy atom. The second kappa shape index (κ2) is 8.05. The number of nitrogens with zero attached hydrogens (tertiary/aromatic N) is 2. The van der Waals surface area contributed by atoms with Crippen molar-refractivity contribution in [1.29, 1.82) is 0 Å². The van der Waals surface area contributed by atoms with Crippen LogP contribution >= 0.6 is 0 Å². The number of ether oxygens (including phenoxy) is 1. The Hall–Kier alpha value is -3.13. The fourth-order valence-corrected chi connectivity index (χ4v) is 2.61. The molecule has 7 nitrogen and oxygen atoms in total. The molecule has 1 aliphatic heterocycles. The fourth-order valence-electron chi connectivity index (χ4n) is 2.61. The van der Waals surface area contributed by atoms with E-state index in [0.717, 1.165) is 0 Å². The van der Waals surface area contributed by atoms with Gasteiger partial charge >= 0.3 is 0 Å². The average Bonchev–Trinajstić information content (AvgIpc) is 2.60. The fraction of sp³-hybridized carbons (Fsp3) is 0.263. The highest BCUT2D eigenvalue weighted by Crippen LogP contribution is 2.18. The van der Waals surface area contributed by atoms with Crippen LogP contribution in [0.5, 0.6) is 0 Å². The van der Waals surface area contributed by atoms with Gasteiger partial charge in [0.25, 0.3) is 0 Å². The van der Waals surface area contributed by atoms with Gasteiger partial charge in [0.15, 0.2) is 0 Å². The van der Waals surface area contributed by atoms with E-state index in [-0.39, 0.29) is 35.6 Å². The second-order valence-corrected chi connectivity index (χ2v) is 6.14. The Balaban J connectivity index is 1.60. The van der Waals surface area contributed by atoms with E-state index in [4.69, 9.17) is 4.74 Å². The summed E-state index contributed by atoms with van der Waals surface area (Å²) in [5.41, 5.74) is 0.573. The number of carbonyl (C=O) groups is 3. The van der Waals surface area contributed by atoms with Gasteiger partial charge in [-0.1, -0.05) is 0 Å². The number of ketones is 1. The zero-order valence-electron chi connectivity index (χ0n) is 14.6. The molecule has 2 heterocycles. The van der Waals surface area contributed by atoms with Gasteiger partial charge in [-0.15, -0.1) is 0 Å². The molecule has 1 fully saturated rings. The van der Waals surface area contributed by atoms with Crippen LogP contribution in [0.4, 0.5) is 10.1 Å². The molecule has 0 atom stereocenters. The third-order valence-electron chi connectivity index (χ3n) is 4.15. The van der Waals surface area contributed by atoms with Crippen LogP contribution < -0.4 is 5.32 Å². The summed E-state index contributed by atoms with van der Waals surface area (Å²) >= 11 is 0. The molecule has 0 spiro atoms. The average molecular weight is 371 g/mol. The molecule has 27 heavy (non-hydrogen) atoms. The van der Waals surface area contributed by atoms with Crippen molar-refractivity contribution in [3.8, 4) is 0 Å². The van der Waals surface area contributed by atoms with Crippen LogP contribution in [0, 0.1) is 5.82 Å². The summed E-state index contributed by atoms with van der Waals surface area (Å²) in [6.07, 6.45) is 1.27. The number of amides is 2. The largest absolute Gasteiger partial charge is 0.365 e. The second-order valence-electron chi connectivity index (χ2n) is 6.14. The molecule has 8 heteroatoms. The maximum absolute atomic E-state index is 13.0. The third kappa shape index (κ3) is 4.53. The molecule has 2 aromatic rings. The minimum Gasteiger partial charge on any atom is -0.365 e. The van der Waals surface area contributed by atoms with E-state index >= 15 is 0 Å². The SMILES string of the molecule is CC(=O)N1CC(OCC(=O)Nc2cccnc2C(=O)c2ccc(F)cc2)C1. The third-order valence-corrected chi connectivity index (χ3v) is 4.15. The number of benzene rings is 1. The summed E-state index contributed by atoms with van der Waals surface area (Å²) in [7, 11) is 0. The van der Waals surface area contributed by atoms with Gasteiger partial charge in [-0.05, 0) is 36.4 Å². The van der Waals surface area contributed by atoms with Crippen LogP contribution in [-0.4, -0.2) is 53.3 Å². The highest BCUT2D eigenvalue weighted by molar-refractivity contribution is 6.12. The lowest BCUT2D eigenvalue weighted by atomic mass is 10.1. The number of anilines is 1. The van der Waals surface area contributed by atoms with Crippen molar-refractivity contribution in [1.82, 2.24) is 9.88 Å². The molecule has 2 amide bonds. The highest BCUT2D eigenvalue weighted by Gasteiger charge is 2.29. The summed E-state index contributed by atoms with van der Waals surface area (Å²) in [6.45, 7) is 2.20. The number of hydrogen-bond acceptors (Lipinski definition) is 5. The smallest absolute Gasteiger partial charge is 0.250 e. The van der Waals surface area contributed by atoms with Gasteiger partial charge in [0.05, 0.1) is 11.8 Å². The molecule has 0 radical (unpaired) electrons. The minimum absolute atomic E-state index is 0.0291. The lowest BCUT2D eigenvalue weighted by molar-refractivity contribution is -0.144. The first-order valence-corrected chi connectivity index (χ1v) is 8.36. The molecule has 1 aromatic heterocycles. The molecule has 1 saturated heterocycles. The molecule has 0 unspecified atom stereocenters. The van der Waals surface area contributed by atoms with Crippen LogP contribution in [0.2, 0.25) is 0 Å². The van der Waals surface area contributed by atoms with E-state index in [2.05, 4.69) is 10.3 Å². The minimum atomic E-state index is -0.447. The monoisotopic (exact) mass is 371 g/mol. The molecule has 1 aliphatic rings. The van der Waals surface area contributed by atoms with E-state index in [9.17, 15) is 18.8 Å². The van der Waals surface area contributed by atoms with Crippen molar-refractivity contribution < 1.29 is 23.5 Å².